The predicted octanol–water partition coefficient (Wildman–Crippen LogP) is 3.02. The van der Waals surface area contributed by atoms with Crippen LogP contribution in [0.1, 0.15) is 23.4 Å². The summed E-state index contributed by atoms with van der Waals surface area (Å²) in [6, 6.07) is 7.85. The summed E-state index contributed by atoms with van der Waals surface area (Å²) in [5.41, 5.74) is 2.56. The molecule has 1 atom stereocenters. The third-order valence-corrected chi connectivity index (χ3v) is 5.55. The molecule has 0 bridgehead atoms. The van der Waals surface area contributed by atoms with Crippen LogP contribution >= 0.6 is 11.8 Å². The van der Waals surface area contributed by atoms with E-state index in [0.717, 1.165) is 27.6 Å². The Bertz CT molecular complexity index is 796. The Morgan fingerprint density at radius 1 is 1.35 bits per heavy atom. The summed E-state index contributed by atoms with van der Waals surface area (Å²) < 4.78 is 5.16. The second-order valence-corrected chi connectivity index (χ2v) is 7.48. The second kappa shape index (κ2) is 7.53. The van der Waals surface area contributed by atoms with Crippen LogP contribution in [0, 0.1) is 19.8 Å². The number of thioether (sulfide) groups is 1. The highest BCUT2D eigenvalue weighted by Gasteiger charge is 2.36. The molecule has 2 heterocycles. The summed E-state index contributed by atoms with van der Waals surface area (Å²) in [4.78, 5) is 29.7. The fourth-order valence-electron chi connectivity index (χ4n) is 3.24. The van der Waals surface area contributed by atoms with Gasteiger partial charge in [0.05, 0.1) is 18.2 Å². The first kappa shape index (κ1) is 18.5. The van der Waals surface area contributed by atoms with Crippen molar-refractivity contribution in [3.05, 3.63) is 41.3 Å². The quantitative estimate of drug-likeness (QED) is 0.754. The monoisotopic (exact) mass is 373 g/mol. The van der Waals surface area contributed by atoms with Crippen LogP contribution < -0.4 is 4.90 Å². The van der Waals surface area contributed by atoms with E-state index in [0.29, 0.717) is 13.1 Å². The molecule has 26 heavy (non-hydrogen) atoms. The number of nitrogens with zero attached hydrogens (tertiary/aromatic N) is 3. The molecule has 1 aliphatic rings. The van der Waals surface area contributed by atoms with Gasteiger partial charge in [-0.25, -0.2) is 0 Å². The standard InChI is InChI=1S/C19H23N3O3S/c1-12-17(13(2)25-20-12)11-21(3)19(24)14-9-18(23)22(10-14)15-5-7-16(26-4)8-6-15/h5-8,14H,9-11H2,1-4H3. The van der Waals surface area contributed by atoms with Gasteiger partial charge in [0.15, 0.2) is 0 Å². The molecule has 6 nitrogen and oxygen atoms in total. The van der Waals surface area contributed by atoms with Crippen LogP contribution in [0.4, 0.5) is 5.69 Å². The molecule has 2 amide bonds. The van der Waals surface area contributed by atoms with Gasteiger partial charge in [0, 0.05) is 36.2 Å². The van der Waals surface area contributed by atoms with Crippen molar-refractivity contribution in [3.8, 4) is 0 Å². The van der Waals surface area contributed by atoms with Gasteiger partial charge in [-0.1, -0.05) is 5.16 Å². The highest BCUT2D eigenvalue weighted by Crippen LogP contribution is 2.28. The summed E-state index contributed by atoms with van der Waals surface area (Å²) in [6.07, 6.45) is 2.26. The lowest BCUT2D eigenvalue weighted by molar-refractivity contribution is -0.135. The average molecular weight is 373 g/mol. The molecule has 7 heteroatoms. The van der Waals surface area contributed by atoms with Gasteiger partial charge in [0.25, 0.3) is 0 Å². The molecule has 1 fully saturated rings. The lowest BCUT2D eigenvalue weighted by atomic mass is 10.1. The van der Waals surface area contributed by atoms with Crippen LogP contribution in [0.25, 0.3) is 0 Å². The van der Waals surface area contributed by atoms with E-state index in [9.17, 15) is 9.59 Å². The number of hydrogen-bond donors (Lipinski definition) is 0. The number of amides is 2. The van der Waals surface area contributed by atoms with Crippen molar-refractivity contribution >= 4 is 29.3 Å². The van der Waals surface area contributed by atoms with E-state index in [4.69, 9.17) is 4.52 Å². The lowest BCUT2D eigenvalue weighted by Crippen LogP contribution is -2.34. The lowest BCUT2D eigenvalue weighted by Gasteiger charge is -2.21. The Labute approximate surface area is 157 Å². The van der Waals surface area contributed by atoms with Crippen molar-refractivity contribution in [2.24, 2.45) is 5.92 Å². The topological polar surface area (TPSA) is 66.7 Å². The van der Waals surface area contributed by atoms with Gasteiger partial charge in [-0.3, -0.25) is 9.59 Å². The number of benzene rings is 1. The van der Waals surface area contributed by atoms with Gasteiger partial charge in [-0.2, -0.15) is 0 Å². The number of aryl methyl sites for hydroxylation is 2. The number of rotatable bonds is 5. The van der Waals surface area contributed by atoms with Crippen LogP contribution in [0.3, 0.4) is 0 Å². The third-order valence-electron chi connectivity index (χ3n) is 4.81. The minimum absolute atomic E-state index is 0.00834. The normalized spacial score (nSPS) is 17.0. The highest BCUT2D eigenvalue weighted by molar-refractivity contribution is 7.98. The second-order valence-electron chi connectivity index (χ2n) is 6.60. The first-order valence-corrected chi connectivity index (χ1v) is 9.74. The number of hydrogen-bond acceptors (Lipinski definition) is 5. The molecule has 138 valence electrons. The number of carbonyl (C=O) groups is 2. The molecular weight excluding hydrogens is 350 g/mol. The summed E-state index contributed by atoms with van der Waals surface area (Å²) in [7, 11) is 1.76. The van der Waals surface area contributed by atoms with Gasteiger partial charge in [-0.15, -0.1) is 11.8 Å². The van der Waals surface area contributed by atoms with Gasteiger partial charge >= 0.3 is 0 Å². The summed E-state index contributed by atoms with van der Waals surface area (Å²) in [5.74, 6) is 0.362. The van der Waals surface area contributed by atoms with Gasteiger partial charge in [-0.05, 0) is 44.4 Å². The zero-order valence-corrected chi connectivity index (χ0v) is 16.3. The van der Waals surface area contributed by atoms with Crippen LogP contribution in [-0.4, -0.2) is 41.7 Å². The number of anilines is 1. The zero-order valence-electron chi connectivity index (χ0n) is 15.5. The van der Waals surface area contributed by atoms with E-state index >= 15 is 0 Å². The molecule has 1 saturated heterocycles. The van der Waals surface area contributed by atoms with Crippen LogP contribution in [0.15, 0.2) is 33.7 Å². The molecular formula is C19H23N3O3S. The molecule has 1 aromatic heterocycles. The molecule has 0 saturated carbocycles. The summed E-state index contributed by atoms with van der Waals surface area (Å²) in [6.45, 7) is 4.56. The first-order valence-electron chi connectivity index (χ1n) is 8.52. The number of carbonyl (C=O) groups excluding carboxylic acids is 2. The largest absolute Gasteiger partial charge is 0.361 e. The Morgan fingerprint density at radius 3 is 2.62 bits per heavy atom. The summed E-state index contributed by atoms with van der Waals surface area (Å²) >= 11 is 1.66. The Balaban J connectivity index is 1.68. The molecule has 1 aromatic carbocycles. The Morgan fingerprint density at radius 2 is 2.04 bits per heavy atom. The summed E-state index contributed by atoms with van der Waals surface area (Å²) in [5, 5.41) is 3.93. The molecule has 0 spiro atoms. The van der Waals surface area contributed by atoms with E-state index in [1.165, 1.54) is 0 Å². The molecule has 0 N–H and O–H groups in total. The zero-order chi connectivity index (χ0) is 18.8. The van der Waals surface area contributed by atoms with E-state index in [-0.39, 0.29) is 24.2 Å². The number of aromatic nitrogens is 1. The molecule has 0 radical (unpaired) electrons. The van der Waals surface area contributed by atoms with Crippen LogP contribution in [0.5, 0.6) is 0 Å². The first-order chi connectivity index (χ1) is 12.4. The fourth-order valence-corrected chi connectivity index (χ4v) is 3.65. The van der Waals surface area contributed by atoms with Crippen molar-refractivity contribution in [2.75, 3.05) is 24.7 Å². The van der Waals surface area contributed by atoms with Crippen LogP contribution in [-0.2, 0) is 16.1 Å². The molecule has 0 aliphatic carbocycles. The van der Waals surface area contributed by atoms with E-state index in [1.807, 2.05) is 44.4 Å². The average Bonchev–Trinajstić information content (AvgIpc) is 3.18. The van der Waals surface area contributed by atoms with Crippen molar-refractivity contribution < 1.29 is 14.1 Å². The van der Waals surface area contributed by atoms with Crippen molar-refractivity contribution in [2.45, 2.75) is 31.7 Å². The van der Waals surface area contributed by atoms with Crippen molar-refractivity contribution in [3.63, 3.8) is 0 Å². The van der Waals surface area contributed by atoms with E-state index in [2.05, 4.69) is 5.16 Å². The molecule has 1 unspecified atom stereocenters. The molecule has 1 aliphatic heterocycles. The molecule has 2 aromatic rings. The van der Waals surface area contributed by atoms with Crippen LogP contribution in [0.2, 0.25) is 0 Å². The Kier molecular flexibility index (Phi) is 5.36. The Hall–Kier alpha value is -2.28. The van der Waals surface area contributed by atoms with E-state index < -0.39 is 0 Å². The maximum atomic E-state index is 12.8. The third kappa shape index (κ3) is 3.62. The van der Waals surface area contributed by atoms with Crippen molar-refractivity contribution in [1.29, 1.82) is 0 Å². The van der Waals surface area contributed by atoms with Gasteiger partial charge < -0.3 is 14.3 Å². The minimum Gasteiger partial charge on any atom is -0.361 e. The molecule has 3 rings (SSSR count). The fraction of sp³-hybridized carbons (Fsp3) is 0.421. The minimum atomic E-state index is -0.326. The highest BCUT2D eigenvalue weighted by atomic mass is 32.2. The van der Waals surface area contributed by atoms with Gasteiger partial charge in [0.1, 0.15) is 5.76 Å². The SMILES string of the molecule is CSc1ccc(N2CC(C(=O)N(C)Cc3c(C)noc3C)CC2=O)cc1. The van der Waals surface area contributed by atoms with Gasteiger partial charge in [0.2, 0.25) is 11.8 Å². The van der Waals surface area contributed by atoms with E-state index in [1.54, 1.807) is 28.6 Å². The van der Waals surface area contributed by atoms with Crippen molar-refractivity contribution in [1.82, 2.24) is 10.1 Å². The maximum absolute atomic E-state index is 12.8. The maximum Gasteiger partial charge on any atom is 0.228 e. The smallest absolute Gasteiger partial charge is 0.228 e. The predicted molar refractivity (Wildman–Crippen MR) is 101 cm³/mol.